The van der Waals surface area contributed by atoms with Gasteiger partial charge in [0.25, 0.3) is 0 Å². The third kappa shape index (κ3) is 2.76. The largest absolute Gasteiger partial charge is 0.328 e. The summed E-state index contributed by atoms with van der Waals surface area (Å²) in [5.74, 6) is 0. The van der Waals surface area contributed by atoms with Gasteiger partial charge >= 0.3 is 0 Å². The number of hydrogen-bond donors (Lipinski definition) is 1. The molecule has 0 saturated carbocycles. The lowest BCUT2D eigenvalue weighted by Crippen LogP contribution is -2.42. The van der Waals surface area contributed by atoms with Crippen LogP contribution >= 0.6 is 0 Å². The van der Waals surface area contributed by atoms with Gasteiger partial charge in [-0.25, -0.2) is 0 Å². The third-order valence-electron chi connectivity index (χ3n) is 2.72. The lowest BCUT2D eigenvalue weighted by molar-refractivity contribution is 0.142. The highest BCUT2D eigenvalue weighted by molar-refractivity contribution is 4.80. The second-order valence-electron chi connectivity index (χ2n) is 4.85. The fourth-order valence-electron chi connectivity index (χ4n) is 1.79. The maximum atomic E-state index is 5.91. The van der Waals surface area contributed by atoms with E-state index in [4.69, 9.17) is 5.73 Å². The standard InChI is InChI=1S/C10H22N2/c1-10(2,3)12-7-4-5-9(11)6-8-12/h9H,4-8,11H2,1-3H3/t9-/m1/s1. The zero-order chi connectivity index (χ0) is 9.19. The van der Waals surface area contributed by atoms with Crippen molar-refractivity contribution in [3.05, 3.63) is 0 Å². The fourth-order valence-corrected chi connectivity index (χ4v) is 1.79. The Morgan fingerprint density at radius 1 is 1.17 bits per heavy atom. The molecule has 1 aliphatic rings. The minimum absolute atomic E-state index is 0.323. The van der Waals surface area contributed by atoms with E-state index in [2.05, 4.69) is 25.7 Å². The van der Waals surface area contributed by atoms with Gasteiger partial charge in [-0.1, -0.05) is 0 Å². The number of nitrogens with zero attached hydrogens (tertiary/aromatic N) is 1. The topological polar surface area (TPSA) is 29.3 Å². The van der Waals surface area contributed by atoms with E-state index in [0.717, 1.165) is 6.42 Å². The molecule has 0 amide bonds. The summed E-state index contributed by atoms with van der Waals surface area (Å²) in [4.78, 5) is 2.54. The highest BCUT2D eigenvalue weighted by atomic mass is 15.2. The maximum Gasteiger partial charge on any atom is 0.0125 e. The van der Waals surface area contributed by atoms with Gasteiger partial charge in [-0.05, 0) is 46.6 Å². The van der Waals surface area contributed by atoms with Crippen LogP contribution in [-0.2, 0) is 0 Å². The van der Waals surface area contributed by atoms with Gasteiger partial charge in [0.05, 0.1) is 0 Å². The first-order valence-corrected chi connectivity index (χ1v) is 5.01. The van der Waals surface area contributed by atoms with E-state index in [1.807, 2.05) is 0 Å². The Kier molecular flexibility index (Phi) is 3.13. The quantitative estimate of drug-likeness (QED) is 0.598. The summed E-state index contributed by atoms with van der Waals surface area (Å²) in [7, 11) is 0. The number of likely N-dealkylation sites (tertiary alicyclic amines) is 1. The molecule has 1 atom stereocenters. The van der Waals surface area contributed by atoms with Crippen molar-refractivity contribution in [2.75, 3.05) is 13.1 Å². The maximum absolute atomic E-state index is 5.91. The summed E-state index contributed by atoms with van der Waals surface area (Å²) in [6.45, 7) is 9.24. The van der Waals surface area contributed by atoms with E-state index >= 15 is 0 Å². The van der Waals surface area contributed by atoms with Gasteiger partial charge in [0, 0.05) is 18.1 Å². The second-order valence-corrected chi connectivity index (χ2v) is 4.85. The van der Waals surface area contributed by atoms with Crippen LogP contribution < -0.4 is 5.73 Å². The van der Waals surface area contributed by atoms with Crippen LogP contribution in [0.2, 0.25) is 0 Å². The first kappa shape index (κ1) is 10.0. The summed E-state index contributed by atoms with van der Waals surface area (Å²) >= 11 is 0. The first-order chi connectivity index (χ1) is 5.50. The summed E-state index contributed by atoms with van der Waals surface area (Å²) in [5, 5.41) is 0. The molecule has 0 aromatic heterocycles. The van der Waals surface area contributed by atoms with Crippen LogP contribution in [0.4, 0.5) is 0 Å². The van der Waals surface area contributed by atoms with Crippen LogP contribution in [0.3, 0.4) is 0 Å². The highest BCUT2D eigenvalue weighted by Crippen LogP contribution is 2.18. The SMILES string of the molecule is CC(C)(C)N1CCC[C@@H](N)CC1. The minimum atomic E-state index is 0.323. The second kappa shape index (κ2) is 3.75. The summed E-state index contributed by atoms with van der Waals surface area (Å²) < 4.78 is 0. The Hall–Kier alpha value is -0.0800. The molecule has 0 spiro atoms. The molecule has 1 rings (SSSR count). The average Bonchev–Trinajstić information content (AvgIpc) is 2.11. The normalized spacial score (nSPS) is 28.5. The molecule has 2 nitrogen and oxygen atoms in total. The van der Waals surface area contributed by atoms with Crippen LogP contribution in [0.1, 0.15) is 40.0 Å². The monoisotopic (exact) mass is 170 g/mol. The van der Waals surface area contributed by atoms with E-state index in [-0.39, 0.29) is 0 Å². The van der Waals surface area contributed by atoms with E-state index in [1.54, 1.807) is 0 Å². The summed E-state index contributed by atoms with van der Waals surface area (Å²) in [6.07, 6.45) is 3.63. The van der Waals surface area contributed by atoms with Crippen molar-refractivity contribution in [2.24, 2.45) is 5.73 Å². The lowest BCUT2D eigenvalue weighted by Gasteiger charge is -2.34. The van der Waals surface area contributed by atoms with Crippen molar-refractivity contribution in [3.8, 4) is 0 Å². The van der Waals surface area contributed by atoms with Crippen LogP contribution in [0.25, 0.3) is 0 Å². The zero-order valence-corrected chi connectivity index (χ0v) is 8.64. The van der Waals surface area contributed by atoms with Gasteiger partial charge in [-0.2, -0.15) is 0 Å². The molecule has 0 unspecified atom stereocenters. The molecule has 2 heteroatoms. The van der Waals surface area contributed by atoms with E-state index in [0.29, 0.717) is 11.6 Å². The predicted molar refractivity (Wildman–Crippen MR) is 53.2 cm³/mol. The van der Waals surface area contributed by atoms with Crippen molar-refractivity contribution in [1.29, 1.82) is 0 Å². The van der Waals surface area contributed by atoms with E-state index in [9.17, 15) is 0 Å². The van der Waals surface area contributed by atoms with E-state index < -0.39 is 0 Å². The molecule has 72 valence electrons. The van der Waals surface area contributed by atoms with Gasteiger partial charge in [0.1, 0.15) is 0 Å². The number of rotatable bonds is 0. The van der Waals surface area contributed by atoms with Crippen molar-refractivity contribution in [1.82, 2.24) is 4.90 Å². The number of hydrogen-bond acceptors (Lipinski definition) is 2. The third-order valence-corrected chi connectivity index (χ3v) is 2.72. The van der Waals surface area contributed by atoms with Gasteiger partial charge in [0.2, 0.25) is 0 Å². The Balaban J connectivity index is 2.46. The van der Waals surface area contributed by atoms with Gasteiger partial charge < -0.3 is 5.73 Å². The lowest BCUT2D eigenvalue weighted by atomic mass is 10.1. The molecule has 12 heavy (non-hydrogen) atoms. The first-order valence-electron chi connectivity index (χ1n) is 5.01. The van der Waals surface area contributed by atoms with Crippen molar-refractivity contribution < 1.29 is 0 Å². The number of nitrogens with two attached hydrogens (primary N) is 1. The zero-order valence-electron chi connectivity index (χ0n) is 8.64. The summed E-state index contributed by atoms with van der Waals surface area (Å²) in [5.41, 5.74) is 6.24. The molecule has 0 radical (unpaired) electrons. The molecule has 0 aliphatic carbocycles. The van der Waals surface area contributed by atoms with Crippen LogP contribution in [0.5, 0.6) is 0 Å². The minimum Gasteiger partial charge on any atom is -0.328 e. The van der Waals surface area contributed by atoms with Crippen molar-refractivity contribution >= 4 is 0 Å². The Labute approximate surface area is 76.1 Å². The molecular weight excluding hydrogens is 148 g/mol. The smallest absolute Gasteiger partial charge is 0.0125 e. The van der Waals surface area contributed by atoms with Crippen molar-refractivity contribution in [3.63, 3.8) is 0 Å². The molecule has 1 fully saturated rings. The molecule has 0 aromatic rings. The average molecular weight is 170 g/mol. The fraction of sp³-hybridized carbons (Fsp3) is 1.00. The molecule has 1 heterocycles. The van der Waals surface area contributed by atoms with Gasteiger partial charge in [-0.15, -0.1) is 0 Å². The molecule has 2 N–H and O–H groups in total. The van der Waals surface area contributed by atoms with Crippen LogP contribution in [0.15, 0.2) is 0 Å². The Morgan fingerprint density at radius 2 is 1.83 bits per heavy atom. The molecule has 1 aliphatic heterocycles. The molecule has 0 bridgehead atoms. The molecule has 0 aromatic carbocycles. The van der Waals surface area contributed by atoms with Crippen LogP contribution in [0, 0.1) is 0 Å². The Morgan fingerprint density at radius 3 is 2.42 bits per heavy atom. The molecule has 1 saturated heterocycles. The highest BCUT2D eigenvalue weighted by Gasteiger charge is 2.23. The predicted octanol–water partition coefficient (Wildman–Crippen LogP) is 1.60. The Bertz CT molecular complexity index is 137. The van der Waals surface area contributed by atoms with Crippen LogP contribution in [-0.4, -0.2) is 29.6 Å². The van der Waals surface area contributed by atoms with Crippen molar-refractivity contribution in [2.45, 2.75) is 51.6 Å². The molecular formula is C10H22N2. The van der Waals surface area contributed by atoms with Gasteiger partial charge in [-0.3, -0.25) is 4.90 Å². The van der Waals surface area contributed by atoms with Gasteiger partial charge in [0.15, 0.2) is 0 Å². The summed E-state index contributed by atoms with van der Waals surface area (Å²) in [6, 6.07) is 0.442. The van der Waals surface area contributed by atoms with E-state index in [1.165, 1.54) is 25.9 Å².